The van der Waals surface area contributed by atoms with Gasteiger partial charge in [0.05, 0.1) is 25.5 Å². The lowest BCUT2D eigenvalue weighted by Gasteiger charge is -2.40. The monoisotopic (exact) mass is 412 g/mol. The lowest BCUT2D eigenvalue weighted by atomic mass is 9.96. The minimum atomic E-state index is -3.68. The van der Waals surface area contributed by atoms with Gasteiger partial charge in [-0.1, -0.05) is 0 Å². The molecule has 4 heterocycles. The molecule has 0 aliphatic carbocycles. The predicted molar refractivity (Wildman–Crippen MR) is 99.8 cm³/mol. The number of amides is 1. The molecule has 1 aromatic heterocycles. The fraction of sp³-hybridized carbons (Fsp3) is 0.778. The maximum absolute atomic E-state index is 13.0. The lowest BCUT2D eigenvalue weighted by Crippen LogP contribution is -2.51. The molecule has 3 fully saturated rings. The van der Waals surface area contributed by atoms with E-state index in [-0.39, 0.29) is 23.4 Å². The molecule has 9 nitrogen and oxygen atoms in total. The van der Waals surface area contributed by atoms with Crippen LogP contribution in [0.1, 0.15) is 32.6 Å². The van der Waals surface area contributed by atoms with Gasteiger partial charge >= 0.3 is 0 Å². The van der Waals surface area contributed by atoms with Crippen molar-refractivity contribution in [1.29, 1.82) is 0 Å². The number of rotatable bonds is 4. The van der Waals surface area contributed by atoms with Gasteiger partial charge in [-0.15, -0.1) is 0 Å². The van der Waals surface area contributed by atoms with Crippen LogP contribution >= 0.6 is 0 Å². The molecule has 0 N–H and O–H groups in total. The molecule has 0 bridgehead atoms. The Balaban J connectivity index is 1.40. The van der Waals surface area contributed by atoms with E-state index in [4.69, 9.17) is 9.47 Å². The van der Waals surface area contributed by atoms with E-state index in [9.17, 15) is 13.2 Å². The first-order valence-corrected chi connectivity index (χ1v) is 11.5. The third kappa shape index (κ3) is 3.70. The van der Waals surface area contributed by atoms with Crippen LogP contribution in [-0.4, -0.2) is 78.3 Å². The van der Waals surface area contributed by atoms with Crippen molar-refractivity contribution in [3.8, 4) is 0 Å². The fourth-order valence-corrected chi connectivity index (χ4v) is 5.71. The lowest BCUT2D eigenvalue weighted by molar-refractivity contribution is -0.188. The highest BCUT2D eigenvalue weighted by molar-refractivity contribution is 7.89. The first-order valence-electron chi connectivity index (χ1n) is 10.0. The molecule has 0 radical (unpaired) electrons. The molecule has 1 aromatic rings. The number of aromatic nitrogens is 2. The summed E-state index contributed by atoms with van der Waals surface area (Å²) in [5, 5.41) is 0.0536. The van der Waals surface area contributed by atoms with Crippen LogP contribution < -0.4 is 0 Å². The maximum atomic E-state index is 13.0. The summed E-state index contributed by atoms with van der Waals surface area (Å²) in [6.45, 7) is 5.62. The van der Waals surface area contributed by atoms with Crippen molar-refractivity contribution in [2.24, 2.45) is 5.92 Å². The van der Waals surface area contributed by atoms with Crippen LogP contribution in [-0.2, 0) is 30.8 Å². The largest absolute Gasteiger partial charge is 0.347 e. The van der Waals surface area contributed by atoms with Gasteiger partial charge in [0.2, 0.25) is 5.91 Å². The molecule has 3 aliphatic rings. The quantitative estimate of drug-likeness (QED) is 0.722. The van der Waals surface area contributed by atoms with E-state index in [0.717, 1.165) is 0 Å². The molecule has 1 amide bonds. The summed E-state index contributed by atoms with van der Waals surface area (Å²) in [4.78, 5) is 18.9. The number of nitrogens with zero attached hydrogens (tertiary/aromatic N) is 4. The van der Waals surface area contributed by atoms with Crippen molar-refractivity contribution in [1.82, 2.24) is 18.8 Å². The Bertz CT molecular complexity index is 808. The first kappa shape index (κ1) is 19.8. The standard InChI is InChI=1S/C18H28N4O5S/c1-2-20-13-16(19-14-20)28(24,25)22-7-3-4-15(12-22)17(23)21-8-5-18(6-9-21)26-10-11-27-18/h13-15H,2-12H2,1H3. The Hall–Kier alpha value is -1.49. The molecular formula is C18H28N4O5S. The molecule has 0 aromatic carbocycles. The highest BCUT2D eigenvalue weighted by Crippen LogP contribution is 2.32. The molecule has 0 saturated carbocycles. The molecule has 1 unspecified atom stereocenters. The Morgan fingerprint density at radius 3 is 2.61 bits per heavy atom. The average molecular weight is 413 g/mol. The van der Waals surface area contributed by atoms with E-state index >= 15 is 0 Å². The zero-order valence-corrected chi connectivity index (χ0v) is 17.1. The fourth-order valence-electron chi connectivity index (χ4n) is 4.25. The number of hydrogen-bond acceptors (Lipinski definition) is 6. The van der Waals surface area contributed by atoms with E-state index in [1.54, 1.807) is 10.8 Å². The van der Waals surface area contributed by atoms with E-state index in [1.165, 1.54) is 10.6 Å². The number of carbonyl (C=O) groups excluding carboxylic acids is 1. The summed E-state index contributed by atoms with van der Waals surface area (Å²) >= 11 is 0. The van der Waals surface area contributed by atoms with Gasteiger partial charge in [-0.2, -0.15) is 4.31 Å². The van der Waals surface area contributed by atoms with Crippen molar-refractivity contribution in [3.63, 3.8) is 0 Å². The summed E-state index contributed by atoms with van der Waals surface area (Å²) < 4.78 is 40.4. The second-order valence-electron chi connectivity index (χ2n) is 7.68. The van der Waals surface area contributed by atoms with Gasteiger partial charge in [0, 0.05) is 51.8 Å². The molecule has 10 heteroatoms. The van der Waals surface area contributed by atoms with Crippen molar-refractivity contribution < 1.29 is 22.7 Å². The number of hydrogen-bond donors (Lipinski definition) is 0. The summed E-state index contributed by atoms with van der Waals surface area (Å²) in [7, 11) is -3.68. The number of imidazole rings is 1. The molecule has 4 rings (SSSR count). The minimum absolute atomic E-state index is 0.0341. The van der Waals surface area contributed by atoms with Gasteiger partial charge in [0.15, 0.2) is 10.8 Å². The molecular weight excluding hydrogens is 384 g/mol. The summed E-state index contributed by atoms with van der Waals surface area (Å²) in [5.74, 6) is -0.792. The predicted octanol–water partition coefficient (Wildman–Crippen LogP) is 0.669. The highest BCUT2D eigenvalue weighted by atomic mass is 32.2. The van der Waals surface area contributed by atoms with Crippen LogP contribution in [0.25, 0.3) is 0 Å². The third-order valence-corrected chi connectivity index (χ3v) is 7.71. The van der Waals surface area contributed by atoms with Gasteiger partial charge in [-0.25, -0.2) is 13.4 Å². The van der Waals surface area contributed by atoms with Gasteiger partial charge in [0.25, 0.3) is 10.0 Å². The molecule has 1 atom stereocenters. The molecule has 3 saturated heterocycles. The Labute approximate surface area is 165 Å². The van der Waals surface area contributed by atoms with E-state index < -0.39 is 15.8 Å². The SMILES string of the molecule is CCn1cnc(S(=O)(=O)N2CCCC(C(=O)N3CCC4(CC3)OCCO4)C2)c1. The minimum Gasteiger partial charge on any atom is -0.347 e. The van der Waals surface area contributed by atoms with Gasteiger partial charge in [0.1, 0.15) is 0 Å². The van der Waals surface area contributed by atoms with Crippen LogP contribution in [0.5, 0.6) is 0 Å². The summed E-state index contributed by atoms with van der Waals surface area (Å²) in [5.41, 5.74) is 0. The number of sulfonamides is 1. The first-order chi connectivity index (χ1) is 13.4. The van der Waals surface area contributed by atoms with Crippen molar-refractivity contribution in [3.05, 3.63) is 12.5 Å². The smallest absolute Gasteiger partial charge is 0.262 e. The molecule has 28 heavy (non-hydrogen) atoms. The normalized spacial score (nSPS) is 26.0. The van der Waals surface area contributed by atoms with Crippen molar-refractivity contribution in [2.75, 3.05) is 39.4 Å². The Morgan fingerprint density at radius 1 is 1.25 bits per heavy atom. The highest BCUT2D eigenvalue weighted by Gasteiger charge is 2.42. The zero-order valence-electron chi connectivity index (χ0n) is 16.2. The number of aryl methyl sites for hydroxylation is 1. The third-order valence-electron chi connectivity index (χ3n) is 5.96. The average Bonchev–Trinajstić information content (AvgIpc) is 3.38. The van der Waals surface area contributed by atoms with Crippen LogP contribution in [0, 0.1) is 5.92 Å². The molecule has 3 aliphatic heterocycles. The van der Waals surface area contributed by atoms with Crippen LogP contribution in [0.15, 0.2) is 17.6 Å². The Morgan fingerprint density at radius 2 is 1.96 bits per heavy atom. The van der Waals surface area contributed by atoms with Crippen LogP contribution in [0.2, 0.25) is 0 Å². The van der Waals surface area contributed by atoms with E-state index in [0.29, 0.717) is 65.1 Å². The summed E-state index contributed by atoms with van der Waals surface area (Å²) in [6, 6.07) is 0. The van der Waals surface area contributed by atoms with Crippen LogP contribution in [0.4, 0.5) is 0 Å². The summed E-state index contributed by atoms with van der Waals surface area (Å²) in [6.07, 6.45) is 5.80. The zero-order chi connectivity index (χ0) is 19.8. The second-order valence-corrected chi connectivity index (χ2v) is 9.56. The van der Waals surface area contributed by atoms with E-state index in [1.807, 2.05) is 11.8 Å². The second kappa shape index (κ2) is 7.74. The number of carbonyl (C=O) groups is 1. The Kier molecular flexibility index (Phi) is 5.47. The molecule has 1 spiro atoms. The van der Waals surface area contributed by atoms with Crippen molar-refractivity contribution in [2.45, 2.75) is 50.0 Å². The number of ether oxygens (including phenoxy) is 2. The number of piperidine rings is 2. The maximum Gasteiger partial charge on any atom is 0.262 e. The van der Waals surface area contributed by atoms with Gasteiger partial charge in [-0.05, 0) is 19.8 Å². The van der Waals surface area contributed by atoms with Crippen molar-refractivity contribution >= 4 is 15.9 Å². The topological polar surface area (TPSA) is 94.0 Å². The molecule has 156 valence electrons. The van der Waals surface area contributed by atoms with Gasteiger partial charge < -0.3 is 18.9 Å². The van der Waals surface area contributed by atoms with E-state index in [2.05, 4.69) is 4.98 Å². The number of likely N-dealkylation sites (tertiary alicyclic amines) is 1. The van der Waals surface area contributed by atoms with Crippen LogP contribution in [0.3, 0.4) is 0 Å². The van der Waals surface area contributed by atoms with Gasteiger partial charge in [-0.3, -0.25) is 4.79 Å².